The van der Waals surface area contributed by atoms with E-state index in [0.717, 1.165) is 5.69 Å². The molecule has 1 aromatic heterocycles. The van der Waals surface area contributed by atoms with Crippen LogP contribution in [0.1, 0.15) is 6.92 Å². The highest BCUT2D eigenvalue weighted by molar-refractivity contribution is 5.76. The molecular formula is C18H16FN3O3. The summed E-state index contributed by atoms with van der Waals surface area (Å²) in [6.07, 6.45) is 0.647. The molecule has 1 atom stereocenters. The first kappa shape index (κ1) is 16.6. The summed E-state index contributed by atoms with van der Waals surface area (Å²) in [6, 6.07) is 11.2. The number of fused-ring (bicyclic) bond motifs is 1. The molecule has 0 saturated heterocycles. The van der Waals surface area contributed by atoms with Crippen molar-refractivity contribution in [2.45, 2.75) is 13.0 Å². The standard InChI is InChI=1S/C18H16FN3O3/c1-11(18(23)24)25-14-6-4-13(5-7-14)22(2)17-10-20-16-9-12(19)3-8-15(16)21-17/h3-11H,1-2H3,(H,23,24). The minimum atomic E-state index is -1.02. The number of carboxylic acids is 1. The summed E-state index contributed by atoms with van der Waals surface area (Å²) in [6.45, 7) is 1.47. The van der Waals surface area contributed by atoms with Crippen molar-refractivity contribution in [2.75, 3.05) is 11.9 Å². The van der Waals surface area contributed by atoms with Crippen LogP contribution in [0.3, 0.4) is 0 Å². The molecule has 6 nitrogen and oxygen atoms in total. The number of aliphatic carboxylic acids is 1. The van der Waals surface area contributed by atoms with E-state index in [9.17, 15) is 9.18 Å². The van der Waals surface area contributed by atoms with Gasteiger partial charge >= 0.3 is 5.97 Å². The first-order valence-electron chi connectivity index (χ1n) is 7.59. The van der Waals surface area contributed by atoms with Crippen LogP contribution in [0.4, 0.5) is 15.9 Å². The molecule has 1 heterocycles. The van der Waals surface area contributed by atoms with Crippen molar-refractivity contribution in [3.63, 3.8) is 0 Å². The van der Waals surface area contributed by atoms with Crippen molar-refractivity contribution < 1.29 is 19.0 Å². The molecule has 0 aliphatic carbocycles. The lowest BCUT2D eigenvalue weighted by Crippen LogP contribution is -2.22. The number of ether oxygens (including phenoxy) is 1. The maximum atomic E-state index is 13.2. The highest BCUT2D eigenvalue weighted by Crippen LogP contribution is 2.25. The smallest absolute Gasteiger partial charge is 0.344 e. The zero-order valence-electron chi connectivity index (χ0n) is 13.7. The Hall–Kier alpha value is -3.22. The minimum Gasteiger partial charge on any atom is -0.479 e. The molecule has 0 aliphatic heterocycles. The van der Waals surface area contributed by atoms with Gasteiger partial charge in [-0.3, -0.25) is 4.98 Å². The normalized spacial score (nSPS) is 12.0. The molecule has 0 fully saturated rings. The molecule has 2 aromatic carbocycles. The lowest BCUT2D eigenvalue weighted by atomic mass is 10.2. The third-order valence-corrected chi connectivity index (χ3v) is 3.72. The second-order valence-electron chi connectivity index (χ2n) is 5.51. The Morgan fingerprint density at radius 2 is 1.92 bits per heavy atom. The maximum absolute atomic E-state index is 13.2. The largest absolute Gasteiger partial charge is 0.479 e. The number of hydrogen-bond acceptors (Lipinski definition) is 5. The number of aromatic nitrogens is 2. The molecule has 1 N–H and O–H groups in total. The van der Waals surface area contributed by atoms with Gasteiger partial charge in [-0.15, -0.1) is 0 Å². The Kier molecular flexibility index (Phi) is 4.47. The van der Waals surface area contributed by atoms with Crippen molar-refractivity contribution in [3.8, 4) is 5.75 Å². The van der Waals surface area contributed by atoms with Crippen molar-refractivity contribution in [2.24, 2.45) is 0 Å². The van der Waals surface area contributed by atoms with Crippen LogP contribution in [0.25, 0.3) is 11.0 Å². The number of benzene rings is 2. The summed E-state index contributed by atoms with van der Waals surface area (Å²) >= 11 is 0. The van der Waals surface area contributed by atoms with E-state index in [1.54, 1.807) is 36.5 Å². The average Bonchev–Trinajstić information content (AvgIpc) is 2.61. The molecule has 0 bridgehead atoms. The lowest BCUT2D eigenvalue weighted by molar-refractivity contribution is -0.144. The molecular weight excluding hydrogens is 325 g/mol. The summed E-state index contributed by atoms with van der Waals surface area (Å²) in [7, 11) is 1.83. The Balaban J connectivity index is 1.81. The van der Waals surface area contributed by atoms with Gasteiger partial charge in [-0.2, -0.15) is 0 Å². The Labute approximate surface area is 143 Å². The maximum Gasteiger partial charge on any atom is 0.344 e. The minimum absolute atomic E-state index is 0.353. The third kappa shape index (κ3) is 3.65. The van der Waals surface area contributed by atoms with E-state index in [2.05, 4.69) is 9.97 Å². The quantitative estimate of drug-likeness (QED) is 0.767. The predicted molar refractivity (Wildman–Crippen MR) is 91.7 cm³/mol. The van der Waals surface area contributed by atoms with Crippen LogP contribution in [0.2, 0.25) is 0 Å². The number of rotatable bonds is 5. The second kappa shape index (κ2) is 6.72. The summed E-state index contributed by atoms with van der Waals surface area (Å²) in [5, 5.41) is 8.87. The number of halogens is 1. The van der Waals surface area contributed by atoms with E-state index < -0.39 is 12.1 Å². The van der Waals surface area contributed by atoms with E-state index >= 15 is 0 Å². The molecule has 0 spiro atoms. The Morgan fingerprint density at radius 3 is 2.60 bits per heavy atom. The van der Waals surface area contributed by atoms with Gasteiger partial charge < -0.3 is 14.7 Å². The monoisotopic (exact) mass is 341 g/mol. The van der Waals surface area contributed by atoms with Crippen LogP contribution >= 0.6 is 0 Å². The molecule has 3 aromatic rings. The van der Waals surface area contributed by atoms with E-state index in [4.69, 9.17) is 9.84 Å². The van der Waals surface area contributed by atoms with Crippen molar-refractivity contribution in [1.82, 2.24) is 9.97 Å². The SMILES string of the molecule is CC(Oc1ccc(N(C)c2cnc3cc(F)ccc3n2)cc1)C(=O)O. The molecule has 128 valence electrons. The average molecular weight is 341 g/mol. The van der Waals surface area contributed by atoms with E-state index in [1.165, 1.54) is 19.1 Å². The van der Waals surface area contributed by atoms with E-state index in [1.807, 2.05) is 11.9 Å². The topological polar surface area (TPSA) is 75.5 Å². The third-order valence-electron chi connectivity index (χ3n) is 3.72. The number of carboxylic acid groups (broad SMARTS) is 1. The number of anilines is 2. The van der Waals surface area contributed by atoms with Crippen LogP contribution in [0, 0.1) is 5.82 Å². The summed E-state index contributed by atoms with van der Waals surface area (Å²) < 4.78 is 18.5. The summed E-state index contributed by atoms with van der Waals surface area (Å²) in [4.78, 5) is 21.3. The zero-order valence-corrected chi connectivity index (χ0v) is 13.7. The molecule has 1 unspecified atom stereocenters. The van der Waals surface area contributed by atoms with Crippen molar-refractivity contribution in [3.05, 3.63) is 54.5 Å². The van der Waals surface area contributed by atoms with Gasteiger partial charge in [0.15, 0.2) is 11.9 Å². The Morgan fingerprint density at radius 1 is 1.20 bits per heavy atom. The fourth-order valence-corrected chi connectivity index (χ4v) is 2.27. The van der Waals surface area contributed by atoms with Gasteiger partial charge in [0.05, 0.1) is 17.2 Å². The van der Waals surface area contributed by atoms with Gasteiger partial charge in [-0.1, -0.05) is 0 Å². The molecule has 3 rings (SSSR count). The number of nitrogens with zero attached hydrogens (tertiary/aromatic N) is 3. The molecule has 0 amide bonds. The van der Waals surface area contributed by atoms with Crippen LogP contribution in [0.5, 0.6) is 5.75 Å². The fraction of sp³-hybridized carbons (Fsp3) is 0.167. The van der Waals surface area contributed by atoms with Gasteiger partial charge in [0.2, 0.25) is 0 Å². The van der Waals surface area contributed by atoms with Crippen LogP contribution in [0.15, 0.2) is 48.7 Å². The first-order chi connectivity index (χ1) is 11.9. The fourth-order valence-electron chi connectivity index (χ4n) is 2.27. The van der Waals surface area contributed by atoms with E-state index in [0.29, 0.717) is 22.6 Å². The number of hydrogen-bond donors (Lipinski definition) is 1. The van der Waals surface area contributed by atoms with Crippen molar-refractivity contribution >= 4 is 28.5 Å². The van der Waals surface area contributed by atoms with E-state index in [-0.39, 0.29) is 5.82 Å². The lowest BCUT2D eigenvalue weighted by Gasteiger charge is -2.19. The molecule has 25 heavy (non-hydrogen) atoms. The van der Waals surface area contributed by atoms with Gasteiger partial charge in [-0.25, -0.2) is 14.2 Å². The van der Waals surface area contributed by atoms with Crippen molar-refractivity contribution in [1.29, 1.82) is 0 Å². The molecule has 0 radical (unpaired) electrons. The van der Waals surface area contributed by atoms with Gasteiger partial charge in [0.1, 0.15) is 11.6 Å². The first-order valence-corrected chi connectivity index (χ1v) is 7.59. The van der Waals surface area contributed by atoms with Gasteiger partial charge in [-0.05, 0) is 43.3 Å². The molecule has 0 saturated carbocycles. The summed E-state index contributed by atoms with van der Waals surface area (Å²) in [5.74, 6) is -0.308. The van der Waals surface area contributed by atoms with Crippen LogP contribution in [-0.2, 0) is 4.79 Å². The second-order valence-corrected chi connectivity index (χ2v) is 5.51. The number of carbonyl (C=O) groups is 1. The van der Waals surface area contributed by atoms with Gasteiger partial charge in [0.25, 0.3) is 0 Å². The van der Waals surface area contributed by atoms with Gasteiger partial charge in [0, 0.05) is 18.8 Å². The highest BCUT2D eigenvalue weighted by Gasteiger charge is 2.13. The summed E-state index contributed by atoms with van der Waals surface area (Å²) in [5.41, 5.74) is 1.91. The highest BCUT2D eigenvalue weighted by atomic mass is 19.1. The molecule has 7 heteroatoms. The Bertz CT molecular complexity index is 915. The zero-order chi connectivity index (χ0) is 18.0. The molecule has 0 aliphatic rings. The van der Waals surface area contributed by atoms with Crippen LogP contribution in [-0.4, -0.2) is 34.2 Å². The van der Waals surface area contributed by atoms with Crippen LogP contribution < -0.4 is 9.64 Å². The predicted octanol–water partition coefficient (Wildman–Crippen LogP) is 3.39.